The fourth-order valence-corrected chi connectivity index (χ4v) is 3.86. The summed E-state index contributed by atoms with van der Waals surface area (Å²) in [6.07, 6.45) is 1.32. The van der Waals surface area contributed by atoms with Crippen LogP contribution in [-0.2, 0) is 20.4 Å². The van der Waals surface area contributed by atoms with Gasteiger partial charge in [0, 0.05) is 13.1 Å². The van der Waals surface area contributed by atoms with Crippen molar-refractivity contribution in [2.24, 2.45) is 5.92 Å². The molecular weight excluding hydrogens is 324 g/mol. The maximum Gasteiger partial charge on any atom is 0.224 e. The van der Waals surface area contributed by atoms with E-state index in [0.29, 0.717) is 13.0 Å². The normalized spacial score (nSPS) is 17.7. The minimum absolute atomic E-state index is 0. The van der Waals surface area contributed by atoms with Crippen molar-refractivity contribution in [3.05, 3.63) is 35.9 Å². The van der Waals surface area contributed by atoms with Crippen LogP contribution in [0.4, 0.5) is 0 Å². The lowest BCUT2D eigenvalue weighted by atomic mass is 10.1. The van der Waals surface area contributed by atoms with E-state index in [4.69, 9.17) is 0 Å². The first-order valence-electron chi connectivity index (χ1n) is 7.29. The van der Waals surface area contributed by atoms with Crippen LogP contribution in [0.15, 0.2) is 30.3 Å². The van der Waals surface area contributed by atoms with Gasteiger partial charge in [-0.2, -0.15) is 0 Å². The zero-order valence-corrected chi connectivity index (χ0v) is 14.1. The molecule has 1 saturated heterocycles. The first-order valence-corrected chi connectivity index (χ1v) is 9.12. The molecule has 5 nitrogen and oxygen atoms in total. The van der Waals surface area contributed by atoms with Crippen molar-refractivity contribution >= 4 is 28.2 Å². The Bertz CT molecular complexity index is 557. The third kappa shape index (κ3) is 6.34. The molecule has 2 N–H and O–H groups in total. The van der Waals surface area contributed by atoms with Gasteiger partial charge in [-0.05, 0) is 24.9 Å². The van der Waals surface area contributed by atoms with Gasteiger partial charge in [-0.3, -0.25) is 4.79 Å². The van der Waals surface area contributed by atoms with Crippen molar-refractivity contribution in [2.45, 2.75) is 18.6 Å². The highest BCUT2D eigenvalue weighted by molar-refractivity contribution is 7.90. The number of hydrogen-bond acceptors (Lipinski definition) is 4. The summed E-state index contributed by atoms with van der Waals surface area (Å²) in [6.45, 7) is 2.02. The molecule has 0 spiro atoms. The van der Waals surface area contributed by atoms with Gasteiger partial charge in [0.2, 0.25) is 5.91 Å². The van der Waals surface area contributed by atoms with Crippen molar-refractivity contribution in [1.82, 2.24) is 10.6 Å². The van der Waals surface area contributed by atoms with Crippen molar-refractivity contribution in [1.29, 1.82) is 0 Å². The standard InChI is InChI=1S/C15H22N2O3S.ClH/c18-15(14-7-9-16-11-14)17-8-4-10-21(19,20)12-13-5-2-1-3-6-13;/h1-3,5-6,14,16H,4,7-12H2,(H,17,18);1H. The molecule has 22 heavy (non-hydrogen) atoms. The van der Waals surface area contributed by atoms with Crippen LogP contribution < -0.4 is 10.6 Å². The van der Waals surface area contributed by atoms with Crippen molar-refractivity contribution in [3.63, 3.8) is 0 Å². The maximum absolute atomic E-state index is 12.0. The van der Waals surface area contributed by atoms with Gasteiger partial charge in [-0.1, -0.05) is 30.3 Å². The van der Waals surface area contributed by atoms with Crippen LogP contribution in [0.3, 0.4) is 0 Å². The minimum atomic E-state index is -3.12. The molecule has 0 aliphatic carbocycles. The topological polar surface area (TPSA) is 75.3 Å². The van der Waals surface area contributed by atoms with Gasteiger partial charge in [-0.15, -0.1) is 12.4 Å². The summed E-state index contributed by atoms with van der Waals surface area (Å²) in [6, 6.07) is 9.16. The number of carbonyl (C=O) groups is 1. The Kier molecular flexibility index (Phi) is 7.85. The highest BCUT2D eigenvalue weighted by Gasteiger charge is 2.21. The molecule has 1 fully saturated rings. The highest BCUT2D eigenvalue weighted by Crippen LogP contribution is 2.08. The molecule has 0 aromatic heterocycles. The second kappa shape index (κ2) is 9.12. The van der Waals surface area contributed by atoms with E-state index in [-0.39, 0.29) is 35.7 Å². The molecule has 2 rings (SSSR count). The fraction of sp³-hybridized carbons (Fsp3) is 0.533. The Hall–Kier alpha value is -1.11. The molecule has 1 heterocycles. The SMILES string of the molecule is Cl.O=C(NCCCS(=O)(=O)Cc1ccccc1)C1CCNC1. The lowest BCUT2D eigenvalue weighted by Crippen LogP contribution is -2.33. The molecule has 1 amide bonds. The number of halogens is 1. The number of rotatable bonds is 7. The number of carbonyl (C=O) groups excluding carboxylic acids is 1. The summed E-state index contributed by atoms with van der Waals surface area (Å²) in [4.78, 5) is 11.8. The van der Waals surface area contributed by atoms with Crippen molar-refractivity contribution in [3.8, 4) is 0 Å². The lowest BCUT2D eigenvalue weighted by Gasteiger charge is -2.10. The zero-order chi connectivity index (χ0) is 15.1. The summed E-state index contributed by atoms with van der Waals surface area (Å²) in [7, 11) is -3.12. The van der Waals surface area contributed by atoms with Crippen LogP contribution in [0, 0.1) is 5.92 Å². The van der Waals surface area contributed by atoms with Gasteiger partial charge in [0.25, 0.3) is 0 Å². The van der Waals surface area contributed by atoms with Crippen LogP contribution in [0.2, 0.25) is 0 Å². The van der Waals surface area contributed by atoms with Gasteiger partial charge in [-0.25, -0.2) is 8.42 Å². The molecule has 0 radical (unpaired) electrons. The highest BCUT2D eigenvalue weighted by atomic mass is 35.5. The Labute approximate surface area is 138 Å². The van der Waals surface area contributed by atoms with E-state index in [2.05, 4.69) is 10.6 Å². The molecule has 7 heteroatoms. The number of nitrogens with one attached hydrogen (secondary N) is 2. The first kappa shape index (κ1) is 18.9. The fourth-order valence-electron chi connectivity index (χ4n) is 2.43. The molecule has 1 aromatic carbocycles. The van der Waals surface area contributed by atoms with Crippen LogP contribution in [0.1, 0.15) is 18.4 Å². The summed E-state index contributed by atoms with van der Waals surface area (Å²) < 4.78 is 24.0. The largest absolute Gasteiger partial charge is 0.356 e. The molecule has 1 aliphatic heterocycles. The van der Waals surface area contributed by atoms with Gasteiger partial charge >= 0.3 is 0 Å². The molecule has 1 aliphatic rings. The number of sulfone groups is 1. The Morgan fingerprint density at radius 2 is 2.00 bits per heavy atom. The quantitative estimate of drug-likeness (QED) is 0.726. The van der Waals surface area contributed by atoms with E-state index >= 15 is 0 Å². The van der Waals surface area contributed by atoms with Gasteiger partial charge in [0.1, 0.15) is 0 Å². The van der Waals surface area contributed by atoms with Crippen LogP contribution >= 0.6 is 12.4 Å². The van der Waals surface area contributed by atoms with Crippen LogP contribution in [-0.4, -0.2) is 39.7 Å². The summed E-state index contributed by atoms with van der Waals surface area (Å²) in [5, 5.41) is 5.96. The smallest absolute Gasteiger partial charge is 0.224 e. The average Bonchev–Trinajstić information content (AvgIpc) is 2.98. The molecule has 0 bridgehead atoms. The van der Waals surface area contributed by atoms with Gasteiger partial charge in [0.05, 0.1) is 17.4 Å². The van der Waals surface area contributed by atoms with Gasteiger partial charge < -0.3 is 10.6 Å². The summed E-state index contributed by atoms with van der Waals surface area (Å²) in [5.74, 6) is 0.228. The predicted octanol–water partition coefficient (Wildman–Crippen LogP) is 1.14. The zero-order valence-electron chi connectivity index (χ0n) is 12.5. The lowest BCUT2D eigenvalue weighted by molar-refractivity contribution is -0.124. The summed E-state index contributed by atoms with van der Waals surface area (Å²) in [5.41, 5.74) is 0.804. The number of hydrogen-bond donors (Lipinski definition) is 2. The van der Waals surface area contributed by atoms with E-state index in [0.717, 1.165) is 25.1 Å². The third-order valence-corrected chi connectivity index (χ3v) is 5.28. The summed E-state index contributed by atoms with van der Waals surface area (Å²) >= 11 is 0. The maximum atomic E-state index is 12.0. The van der Waals surface area contributed by atoms with E-state index in [1.54, 1.807) is 0 Å². The molecular formula is C15H23ClN2O3S. The molecule has 124 valence electrons. The number of amides is 1. The Morgan fingerprint density at radius 1 is 1.27 bits per heavy atom. The van der Waals surface area contributed by atoms with E-state index in [9.17, 15) is 13.2 Å². The molecule has 1 atom stereocenters. The minimum Gasteiger partial charge on any atom is -0.356 e. The van der Waals surface area contributed by atoms with Gasteiger partial charge in [0.15, 0.2) is 9.84 Å². The van der Waals surface area contributed by atoms with Crippen molar-refractivity contribution < 1.29 is 13.2 Å². The van der Waals surface area contributed by atoms with Crippen molar-refractivity contribution in [2.75, 3.05) is 25.4 Å². The van der Waals surface area contributed by atoms with Crippen LogP contribution in [0.25, 0.3) is 0 Å². The molecule has 1 aromatic rings. The van der Waals surface area contributed by atoms with E-state index < -0.39 is 9.84 Å². The predicted molar refractivity (Wildman–Crippen MR) is 89.8 cm³/mol. The van der Waals surface area contributed by atoms with Crippen LogP contribution in [0.5, 0.6) is 0 Å². The molecule has 1 unspecified atom stereocenters. The monoisotopic (exact) mass is 346 g/mol. The number of benzene rings is 1. The van der Waals surface area contributed by atoms with E-state index in [1.165, 1.54) is 0 Å². The second-order valence-corrected chi connectivity index (χ2v) is 7.60. The second-order valence-electron chi connectivity index (χ2n) is 5.41. The Morgan fingerprint density at radius 3 is 2.64 bits per heavy atom. The molecule has 0 saturated carbocycles. The average molecular weight is 347 g/mol. The third-order valence-electron chi connectivity index (χ3n) is 3.59. The van der Waals surface area contributed by atoms with E-state index in [1.807, 2.05) is 30.3 Å². The first-order chi connectivity index (χ1) is 10.1. The Balaban J connectivity index is 0.00000242.